The zero-order chi connectivity index (χ0) is 19.5. The highest BCUT2D eigenvalue weighted by atomic mass is 32.2. The number of carbonyl (C=O) groups is 2. The van der Waals surface area contributed by atoms with Crippen LogP contribution in [0.5, 0.6) is 5.75 Å². The molecule has 0 spiro atoms. The summed E-state index contributed by atoms with van der Waals surface area (Å²) in [4.78, 5) is 29.1. The Hall–Kier alpha value is -3.26. The average Bonchev–Trinajstić information content (AvgIpc) is 3.26. The molecule has 0 bridgehead atoms. The van der Waals surface area contributed by atoms with Crippen molar-refractivity contribution in [2.75, 3.05) is 25.1 Å². The van der Waals surface area contributed by atoms with Crippen LogP contribution in [0.3, 0.4) is 0 Å². The fourth-order valence-electron chi connectivity index (χ4n) is 2.67. The summed E-state index contributed by atoms with van der Waals surface area (Å²) in [6.07, 6.45) is 1.64. The van der Waals surface area contributed by atoms with Crippen molar-refractivity contribution in [1.29, 1.82) is 0 Å². The maximum absolute atomic E-state index is 11.6. The van der Waals surface area contributed by atoms with Crippen LogP contribution in [0.2, 0.25) is 0 Å². The molecule has 8 heteroatoms. The third-order valence-corrected chi connectivity index (χ3v) is 4.83. The number of rotatable bonds is 6. The molecule has 1 fully saturated rings. The van der Waals surface area contributed by atoms with Crippen LogP contribution in [0.1, 0.15) is 5.56 Å². The van der Waals surface area contributed by atoms with E-state index in [1.165, 1.54) is 0 Å². The molecule has 1 aliphatic rings. The van der Waals surface area contributed by atoms with Crippen LogP contribution in [0.25, 0.3) is 17.2 Å². The second kappa shape index (κ2) is 7.77. The number of hydrogen-bond donors (Lipinski definition) is 1. The van der Waals surface area contributed by atoms with Crippen LogP contribution in [-0.2, 0) is 4.79 Å². The lowest BCUT2D eigenvalue weighted by atomic mass is 10.2. The molecular weight excluding hydrogens is 378 g/mol. The average molecular weight is 395 g/mol. The predicted octanol–water partition coefficient (Wildman–Crippen LogP) is 3.67. The fraction of sp³-hybridized carbons (Fsp3) is 0.150. The lowest BCUT2D eigenvalue weighted by Crippen LogP contribution is -2.23. The third kappa shape index (κ3) is 4.01. The second-order valence-electron chi connectivity index (χ2n) is 6.16. The molecule has 7 nitrogen and oxygen atoms in total. The van der Waals surface area contributed by atoms with E-state index in [2.05, 4.69) is 10.3 Å². The minimum absolute atomic E-state index is 0.271. The van der Waals surface area contributed by atoms with Crippen molar-refractivity contribution in [2.24, 2.45) is 0 Å². The minimum Gasteiger partial charge on any atom is -0.492 e. The molecule has 28 heavy (non-hydrogen) atoms. The molecule has 0 unspecified atom stereocenters. The van der Waals surface area contributed by atoms with Gasteiger partial charge in [-0.15, -0.1) is 0 Å². The first-order chi connectivity index (χ1) is 13.6. The van der Waals surface area contributed by atoms with E-state index in [1.807, 2.05) is 60.5 Å². The maximum atomic E-state index is 11.6. The van der Waals surface area contributed by atoms with Gasteiger partial charge in [0, 0.05) is 18.8 Å². The van der Waals surface area contributed by atoms with Gasteiger partial charge in [-0.3, -0.25) is 9.59 Å². The second-order valence-corrected chi connectivity index (χ2v) is 7.11. The van der Waals surface area contributed by atoms with Gasteiger partial charge >= 0.3 is 0 Å². The SMILES string of the molecule is CN(CCOc1ccc(C=C2NC(=O)SC2=O)cc1)c1nc2ccccc2o1. The van der Waals surface area contributed by atoms with E-state index < -0.39 is 0 Å². The van der Waals surface area contributed by atoms with Crippen molar-refractivity contribution in [1.82, 2.24) is 10.3 Å². The summed E-state index contributed by atoms with van der Waals surface area (Å²) in [5, 5.41) is 1.90. The maximum Gasteiger partial charge on any atom is 0.298 e. The van der Waals surface area contributed by atoms with Crippen molar-refractivity contribution in [3.63, 3.8) is 0 Å². The molecule has 3 aromatic rings. The molecule has 1 saturated heterocycles. The monoisotopic (exact) mass is 395 g/mol. The van der Waals surface area contributed by atoms with E-state index in [0.717, 1.165) is 16.7 Å². The largest absolute Gasteiger partial charge is 0.492 e. The molecule has 1 amide bonds. The molecule has 2 heterocycles. The fourth-order valence-corrected chi connectivity index (χ4v) is 3.22. The number of fused-ring (bicyclic) bond motifs is 1. The molecule has 1 aromatic heterocycles. The zero-order valence-corrected chi connectivity index (χ0v) is 15.9. The normalized spacial score (nSPS) is 15.2. The lowest BCUT2D eigenvalue weighted by molar-refractivity contribution is -0.107. The van der Waals surface area contributed by atoms with Crippen molar-refractivity contribution >= 4 is 45.3 Å². The van der Waals surface area contributed by atoms with Gasteiger partial charge in [0.1, 0.15) is 17.9 Å². The van der Waals surface area contributed by atoms with Crippen LogP contribution in [0.4, 0.5) is 10.8 Å². The van der Waals surface area contributed by atoms with Crippen LogP contribution >= 0.6 is 11.8 Å². The van der Waals surface area contributed by atoms with Gasteiger partial charge in [-0.2, -0.15) is 4.98 Å². The van der Waals surface area contributed by atoms with Gasteiger partial charge in [0.25, 0.3) is 11.3 Å². The summed E-state index contributed by atoms with van der Waals surface area (Å²) in [5.74, 6) is 0.712. The third-order valence-electron chi connectivity index (χ3n) is 4.14. The van der Waals surface area contributed by atoms with Gasteiger partial charge < -0.3 is 19.4 Å². The topological polar surface area (TPSA) is 84.7 Å². The van der Waals surface area contributed by atoms with Crippen LogP contribution in [0, 0.1) is 0 Å². The van der Waals surface area contributed by atoms with Crippen LogP contribution in [-0.4, -0.2) is 35.5 Å². The number of carbonyl (C=O) groups excluding carboxylic acids is 2. The number of likely N-dealkylation sites (N-methyl/N-ethyl adjacent to an activating group) is 1. The number of thioether (sulfide) groups is 1. The Kier molecular flexibility index (Phi) is 5.03. The number of nitrogens with zero attached hydrogens (tertiary/aromatic N) is 2. The van der Waals surface area contributed by atoms with Gasteiger partial charge in [0.05, 0.1) is 12.2 Å². The number of ether oxygens (including phenoxy) is 1. The van der Waals surface area contributed by atoms with Gasteiger partial charge in [-0.25, -0.2) is 0 Å². The molecule has 0 atom stereocenters. The van der Waals surface area contributed by atoms with Crippen LogP contribution < -0.4 is 15.0 Å². The number of benzene rings is 2. The Bertz CT molecular complexity index is 1030. The van der Waals surface area contributed by atoms with Crippen molar-refractivity contribution < 1.29 is 18.7 Å². The standard InChI is InChI=1S/C20H17N3O4S/c1-23(19-21-15-4-2-3-5-17(15)27-19)10-11-26-14-8-6-13(7-9-14)12-16-18(24)28-20(25)22-16/h2-9,12H,10-11H2,1H3,(H,22,25). The highest BCUT2D eigenvalue weighted by Gasteiger charge is 2.25. The smallest absolute Gasteiger partial charge is 0.298 e. The number of para-hydroxylation sites is 2. The Morgan fingerprint density at radius 1 is 1.18 bits per heavy atom. The number of oxazole rings is 1. The Balaban J connectivity index is 1.32. The van der Waals surface area contributed by atoms with Crippen molar-refractivity contribution in [3.8, 4) is 5.75 Å². The molecule has 2 aromatic carbocycles. The van der Waals surface area contributed by atoms with Crippen molar-refractivity contribution in [2.45, 2.75) is 0 Å². The number of nitrogens with one attached hydrogen (secondary N) is 1. The number of amides is 1. The van der Waals surface area contributed by atoms with Gasteiger partial charge in [0.2, 0.25) is 5.12 Å². The Labute approximate surface area is 165 Å². The number of anilines is 1. The molecule has 0 saturated carbocycles. The Morgan fingerprint density at radius 3 is 2.68 bits per heavy atom. The molecule has 4 rings (SSSR count). The van der Waals surface area contributed by atoms with Gasteiger partial charge in [0.15, 0.2) is 5.58 Å². The highest BCUT2D eigenvalue weighted by Crippen LogP contribution is 2.22. The van der Waals surface area contributed by atoms with E-state index in [4.69, 9.17) is 9.15 Å². The summed E-state index contributed by atoms with van der Waals surface area (Å²) in [6, 6.07) is 15.5. The zero-order valence-electron chi connectivity index (χ0n) is 15.0. The van der Waals surface area contributed by atoms with E-state index in [1.54, 1.807) is 6.08 Å². The minimum atomic E-state index is -0.348. The van der Waals surface area contributed by atoms with Gasteiger partial charge in [-0.05, 0) is 35.9 Å². The van der Waals surface area contributed by atoms with E-state index in [0.29, 0.717) is 42.4 Å². The van der Waals surface area contributed by atoms with Crippen molar-refractivity contribution in [3.05, 3.63) is 59.8 Å². The number of aromatic nitrogens is 1. The predicted molar refractivity (Wildman–Crippen MR) is 108 cm³/mol. The summed E-state index contributed by atoms with van der Waals surface area (Å²) >= 11 is 0.665. The van der Waals surface area contributed by atoms with E-state index >= 15 is 0 Å². The molecule has 0 radical (unpaired) electrons. The summed E-state index contributed by atoms with van der Waals surface area (Å²) < 4.78 is 11.5. The number of hydrogen-bond acceptors (Lipinski definition) is 7. The first-order valence-corrected chi connectivity index (χ1v) is 9.44. The summed E-state index contributed by atoms with van der Waals surface area (Å²) in [7, 11) is 1.90. The summed E-state index contributed by atoms with van der Waals surface area (Å²) in [6.45, 7) is 1.07. The first kappa shape index (κ1) is 18.1. The molecule has 1 aliphatic heterocycles. The summed E-state index contributed by atoms with van der Waals surface area (Å²) in [5.41, 5.74) is 2.68. The molecular formula is C20H17N3O4S. The lowest BCUT2D eigenvalue weighted by Gasteiger charge is -2.14. The van der Waals surface area contributed by atoms with E-state index in [9.17, 15) is 9.59 Å². The van der Waals surface area contributed by atoms with Crippen LogP contribution in [0.15, 0.2) is 58.6 Å². The van der Waals surface area contributed by atoms with E-state index in [-0.39, 0.29) is 10.4 Å². The molecule has 0 aliphatic carbocycles. The molecule has 142 valence electrons. The Morgan fingerprint density at radius 2 is 1.96 bits per heavy atom. The quantitative estimate of drug-likeness (QED) is 0.638. The molecule has 1 N–H and O–H groups in total. The first-order valence-electron chi connectivity index (χ1n) is 8.63. The van der Waals surface area contributed by atoms with Gasteiger partial charge in [-0.1, -0.05) is 24.3 Å². The highest BCUT2D eigenvalue weighted by molar-refractivity contribution is 8.27.